The minimum atomic E-state index is -0.373. The molecule has 0 N–H and O–H groups in total. The van der Waals surface area contributed by atoms with Crippen molar-refractivity contribution in [3.05, 3.63) is 430 Å². The molecule has 5 heteroatoms. The number of nitrogens with zero attached hydrogens (tertiary/aromatic N) is 4. The predicted molar refractivity (Wildman–Crippen MR) is 525 cm³/mol. The fourth-order valence-electron chi connectivity index (χ4n) is 21.1. The summed E-state index contributed by atoms with van der Waals surface area (Å²) in [5, 5.41) is 19.6. The Bertz CT molecular complexity index is 7770. The Morgan fingerprint density at radius 2 is 0.537 bits per heavy atom. The van der Waals surface area contributed by atoms with E-state index >= 15 is 0 Å². The fourth-order valence-corrected chi connectivity index (χ4v) is 21.1. The maximum Gasteiger partial charge on any atom is 0.252 e. The Kier molecular flexibility index (Phi) is 15.8. The van der Waals surface area contributed by atoms with Crippen LogP contribution in [0.2, 0.25) is 0 Å². The molecule has 2 aliphatic heterocycles. The van der Waals surface area contributed by atoms with Crippen LogP contribution < -0.4 is 26.2 Å². The molecule has 574 valence electrons. The molecule has 2 aromatic heterocycles. The number of anilines is 6. The van der Waals surface area contributed by atoms with Gasteiger partial charge in [-0.15, -0.1) is 0 Å². The molecule has 0 aliphatic carbocycles. The first kappa shape index (κ1) is 70.5. The first-order chi connectivity index (χ1) is 60.7. The molecule has 123 heavy (non-hydrogen) atoms. The highest BCUT2D eigenvalue weighted by molar-refractivity contribution is 7.00. The van der Waals surface area contributed by atoms with E-state index in [0.717, 1.165) is 101 Å². The van der Waals surface area contributed by atoms with Gasteiger partial charge in [0.15, 0.2) is 0 Å². The highest BCUT2D eigenvalue weighted by Crippen LogP contribution is 2.56. The molecule has 4 heterocycles. The molecule has 0 radical (unpaired) electrons. The molecule has 4 nitrogen and oxygen atoms in total. The zero-order valence-electron chi connectivity index (χ0n) is 68.3. The monoisotopic (exact) mass is 1560 g/mol. The summed E-state index contributed by atoms with van der Waals surface area (Å²) < 4.78 is 5.24. The van der Waals surface area contributed by atoms with Crippen molar-refractivity contribution in [1.82, 2.24) is 9.13 Å². The number of rotatable bonds is 10. The van der Waals surface area contributed by atoms with E-state index in [1.54, 1.807) is 0 Å². The molecule has 25 rings (SSSR count). The molecule has 0 fully saturated rings. The Labute approximate surface area is 714 Å². The maximum atomic E-state index is 2.73. The zero-order valence-corrected chi connectivity index (χ0v) is 68.3. The summed E-state index contributed by atoms with van der Waals surface area (Å²) in [5.41, 5.74) is 31.7. The second kappa shape index (κ2) is 27.5. The smallest absolute Gasteiger partial charge is 0.252 e. The lowest BCUT2D eigenvalue weighted by molar-refractivity contribution is 0.590. The van der Waals surface area contributed by atoms with Gasteiger partial charge in [0.25, 0.3) is 6.71 Å². The first-order valence-corrected chi connectivity index (χ1v) is 43.0. The van der Waals surface area contributed by atoms with Gasteiger partial charge in [0, 0.05) is 88.7 Å². The lowest BCUT2D eigenvalue weighted by Crippen LogP contribution is -2.61. The molecule has 0 amide bonds. The normalized spacial score (nSPS) is 12.6. The molecule has 2 aliphatic rings. The van der Waals surface area contributed by atoms with Crippen molar-refractivity contribution in [2.45, 2.75) is 26.2 Å². The Hall–Kier alpha value is -15.6. The van der Waals surface area contributed by atoms with Gasteiger partial charge in [-0.05, 0) is 199 Å². The van der Waals surface area contributed by atoms with E-state index in [1.807, 2.05) is 0 Å². The third-order valence-electron chi connectivity index (χ3n) is 26.7. The van der Waals surface area contributed by atoms with Crippen molar-refractivity contribution in [2.24, 2.45) is 0 Å². The van der Waals surface area contributed by atoms with Crippen LogP contribution in [0.5, 0.6) is 0 Å². The Morgan fingerprint density at radius 3 is 0.911 bits per heavy atom. The van der Waals surface area contributed by atoms with Crippen molar-refractivity contribution in [1.29, 1.82) is 0 Å². The summed E-state index contributed by atoms with van der Waals surface area (Å²) in [4.78, 5) is 5.46. The molecule has 0 unspecified atom stereocenters. The number of hydrogen-bond donors (Lipinski definition) is 0. The van der Waals surface area contributed by atoms with Crippen LogP contribution >= 0.6 is 0 Å². The van der Waals surface area contributed by atoms with E-state index in [4.69, 9.17) is 0 Å². The minimum absolute atomic E-state index is 0.308. The van der Waals surface area contributed by atoms with Gasteiger partial charge < -0.3 is 18.9 Å². The van der Waals surface area contributed by atoms with E-state index in [1.165, 1.54) is 141 Å². The van der Waals surface area contributed by atoms with Gasteiger partial charge in [0.2, 0.25) is 0 Å². The van der Waals surface area contributed by atoms with Crippen molar-refractivity contribution >= 4 is 165 Å². The number of fused-ring (bicyclic) bond motifs is 22. The van der Waals surface area contributed by atoms with Crippen molar-refractivity contribution in [2.75, 3.05) is 9.80 Å². The fraction of sp³-hybridized carbons (Fsp3) is 0.0339. The van der Waals surface area contributed by atoms with Crippen LogP contribution in [0.3, 0.4) is 0 Å². The van der Waals surface area contributed by atoms with E-state index in [0.29, 0.717) is 0 Å². The summed E-state index contributed by atoms with van der Waals surface area (Å²) in [6, 6.07) is 161. The van der Waals surface area contributed by atoms with Crippen LogP contribution in [0.1, 0.15) is 26.3 Å². The third kappa shape index (κ3) is 10.9. The molecule has 0 saturated heterocycles. The number of para-hydroxylation sites is 2. The standard InChI is InChI=1S/C118H79BN4/c1-118(2,3)86-70-109-113-110(71-86)123(115-91(78-36-12-6-13-37-78)52-29-53-92(115)79-38-14-7-15-39-79)108-73-88(121-106-65-59-85(83-57-55-75-31-17-19-41-81(75)67-83)69-102(106)112-98-47-25-21-43-94(98)96-45-23-27-49-100(96)117(112)121)61-63-104(108)119(113)103-62-60-87(72-107(103)122(109)114-89(76-32-8-4-9-33-76)50-28-51-90(114)77-34-10-5-11-35-77)120-105-64-58-84(82-56-54-74-30-16-18-40-80(74)66-82)68-101(105)111-97-46-24-20-42-93(97)95-44-22-26-48-99(95)116(111)120/h4-73H,1-3H3. The summed E-state index contributed by atoms with van der Waals surface area (Å²) in [7, 11) is 0. The predicted octanol–water partition coefficient (Wildman–Crippen LogP) is 30.2. The first-order valence-electron chi connectivity index (χ1n) is 43.0. The highest BCUT2D eigenvalue weighted by Gasteiger charge is 2.47. The molecule has 0 bridgehead atoms. The van der Waals surface area contributed by atoms with Crippen LogP contribution in [0.4, 0.5) is 34.1 Å². The summed E-state index contributed by atoms with van der Waals surface area (Å²) in [6.07, 6.45) is 0. The van der Waals surface area contributed by atoms with Crippen LogP contribution in [0.15, 0.2) is 425 Å². The Balaban J connectivity index is 0.827. The third-order valence-corrected chi connectivity index (χ3v) is 26.7. The minimum Gasteiger partial charge on any atom is -0.310 e. The SMILES string of the molecule is CC(C)(C)c1cc2c3c(c1)N(c1c(-c4ccccc4)cccc1-c1ccccc1)c1cc(-n4c5ccc(-c6ccc7ccccc7c6)cc5c5c6ccccc6c6ccccc6c54)ccc1B3c1ccc(-n3c4ccc(-c5ccc6ccccc6c5)cc4c4c5ccccc5c5ccccc5c43)cc1N2c1c(-c2ccccc2)cccc1-c1ccccc1. The lowest BCUT2D eigenvalue weighted by atomic mass is 9.33. The molecular formula is C118H79BN4. The second-order valence-corrected chi connectivity index (χ2v) is 34.5. The van der Waals surface area contributed by atoms with Gasteiger partial charge in [-0.3, -0.25) is 0 Å². The summed E-state index contributed by atoms with van der Waals surface area (Å²) in [6.45, 7) is 6.90. The second-order valence-electron chi connectivity index (χ2n) is 34.5. The average molecular weight is 1560 g/mol. The van der Waals surface area contributed by atoms with Gasteiger partial charge in [-0.2, -0.15) is 0 Å². The molecule has 0 spiro atoms. The summed E-state index contributed by atoms with van der Waals surface area (Å²) >= 11 is 0. The highest BCUT2D eigenvalue weighted by atomic mass is 15.2. The van der Waals surface area contributed by atoms with Crippen LogP contribution in [0.25, 0.3) is 186 Å². The van der Waals surface area contributed by atoms with Crippen LogP contribution in [-0.2, 0) is 5.41 Å². The van der Waals surface area contributed by atoms with E-state index < -0.39 is 0 Å². The van der Waals surface area contributed by atoms with Gasteiger partial charge in [0.1, 0.15) is 0 Å². The van der Waals surface area contributed by atoms with Gasteiger partial charge >= 0.3 is 0 Å². The van der Waals surface area contributed by atoms with Crippen molar-refractivity contribution < 1.29 is 0 Å². The maximum absolute atomic E-state index is 2.73. The number of benzene rings is 21. The quantitative estimate of drug-likeness (QED) is 0.100. The summed E-state index contributed by atoms with van der Waals surface area (Å²) in [5.74, 6) is 0. The number of hydrogen-bond acceptors (Lipinski definition) is 2. The molecular weight excluding hydrogens is 1480 g/mol. The Morgan fingerprint density at radius 1 is 0.220 bits per heavy atom. The molecule has 23 aromatic rings. The van der Waals surface area contributed by atoms with Gasteiger partial charge in [0.05, 0.1) is 33.4 Å². The average Bonchev–Trinajstić information content (AvgIpc) is 1.45. The molecule has 21 aromatic carbocycles. The van der Waals surface area contributed by atoms with Gasteiger partial charge in [-0.25, -0.2) is 0 Å². The number of aromatic nitrogens is 2. The largest absolute Gasteiger partial charge is 0.310 e. The molecule has 0 saturated carbocycles. The van der Waals surface area contributed by atoms with Crippen molar-refractivity contribution in [3.63, 3.8) is 0 Å². The molecule has 0 atom stereocenters. The van der Waals surface area contributed by atoms with Crippen LogP contribution in [0, 0.1) is 0 Å². The van der Waals surface area contributed by atoms with Gasteiger partial charge in [-0.1, -0.05) is 373 Å². The van der Waals surface area contributed by atoms with Crippen molar-refractivity contribution in [3.8, 4) is 78.1 Å². The van der Waals surface area contributed by atoms with Crippen LogP contribution in [-0.4, -0.2) is 15.8 Å². The zero-order chi connectivity index (χ0) is 81.3. The van der Waals surface area contributed by atoms with E-state index in [-0.39, 0.29) is 12.1 Å². The lowest BCUT2D eigenvalue weighted by Gasteiger charge is -2.46. The van der Waals surface area contributed by atoms with E-state index in [2.05, 4.69) is 464 Å². The van der Waals surface area contributed by atoms with E-state index in [9.17, 15) is 0 Å². The topological polar surface area (TPSA) is 16.3 Å².